The standard InChI is InChI=1S/C45H27N3O/c1-2-11-29(12-3-1)43-46-44(33-21-20-28-10-4-5-13-30(28)24-33)48-45(47-43)34-22-23-35-31(25-34)14-8-17-36(35)37-18-9-15-32-26-42-40(27-39(32)37)38-16-6-7-19-41(38)49-42/h1-27H. The van der Waals surface area contributed by atoms with Crippen LogP contribution < -0.4 is 0 Å². The van der Waals surface area contributed by atoms with E-state index in [1.54, 1.807) is 0 Å². The SMILES string of the molecule is c1ccc(-c2nc(-c3ccc4ccccc4c3)nc(-c3ccc4c(-c5cccc6cc7oc8ccccc8c7cc56)cccc4c3)n2)cc1. The minimum absolute atomic E-state index is 0.642. The molecule has 10 aromatic rings. The Kier molecular flexibility index (Phi) is 6.15. The first-order valence-electron chi connectivity index (χ1n) is 16.4. The molecule has 0 aliphatic heterocycles. The van der Waals surface area contributed by atoms with Crippen molar-refractivity contribution in [2.75, 3.05) is 0 Å². The molecule has 10 rings (SSSR count). The second-order valence-corrected chi connectivity index (χ2v) is 12.4. The molecule has 2 heterocycles. The highest BCUT2D eigenvalue weighted by atomic mass is 16.3. The average molecular weight is 626 g/mol. The van der Waals surface area contributed by atoms with Gasteiger partial charge in [-0.05, 0) is 73.8 Å². The summed E-state index contributed by atoms with van der Waals surface area (Å²) in [6, 6.07) is 57.1. The van der Waals surface area contributed by atoms with Gasteiger partial charge in [0.25, 0.3) is 0 Å². The quantitative estimate of drug-likeness (QED) is 0.195. The number of para-hydroxylation sites is 1. The van der Waals surface area contributed by atoms with Gasteiger partial charge in [-0.15, -0.1) is 0 Å². The minimum atomic E-state index is 0.642. The molecular weight excluding hydrogens is 599 g/mol. The van der Waals surface area contributed by atoms with E-state index in [4.69, 9.17) is 19.4 Å². The molecule has 0 aliphatic carbocycles. The topological polar surface area (TPSA) is 51.8 Å². The van der Waals surface area contributed by atoms with Crippen LogP contribution in [0.3, 0.4) is 0 Å². The van der Waals surface area contributed by atoms with Gasteiger partial charge in [0.1, 0.15) is 11.2 Å². The summed E-state index contributed by atoms with van der Waals surface area (Å²) in [6.07, 6.45) is 0. The zero-order chi connectivity index (χ0) is 32.3. The molecule has 228 valence electrons. The van der Waals surface area contributed by atoms with E-state index in [-0.39, 0.29) is 0 Å². The summed E-state index contributed by atoms with van der Waals surface area (Å²) < 4.78 is 6.21. The summed E-state index contributed by atoms with van der Waals surface area (Å²) in [5, 5.41) is 9.23. The Bertz CT molecular complexity index is 2890. The summed E-state index contributed by atoms with van der Waals surface area (Å²) in [5.74, 6) is 1.94. The maximum absolute atomic E-state index is 6.21. The van der Waals surface area contributed by atoms with Gasteiger partial charge in [0, 0.05) is 27.5 Å². The number of hydrogen-bond acceptors (Lipinski definition) is 4. The van der Waals surface area contributed by atoms with Crippen LogP contribution in [0.2, 0.25) is 0 Å². The van der Waals surface area contributed by atoms with Crippen LogP contribution >= 0.6 is 0 Å². The van der Waals surface area contributed by atoms with Gasteiger partial charge in [0.15, 0.2) is 17.5 Å². The lowest BCUT2D eigenvalue weighted by Gasteiger charge is -2.12. The molecule has 8 aromatic carbocycles. The first-order valence-corrected chi connectivity index (χ1v) is 16.4. The monoisotopic (exact) mass is 625 g/mol. The second kappa shape index (κ2) is 11.0. The molecular formula is C45H27N3O. The van der Waals surface area contributed by atoms with Gasteiger partial charge in [-0.3, -0.25) is 0 Å². The van der Waals surface area contributed by atoms with E-state index in [0.717, 1.165) is 54.8 Å². The van der Waals surface area contributed by atoms with Crippen LogP contribution in [0.25, 0.3) is 99.5 Å². The van der Waals surface area contributed by atoms with Crippen molar-refractivity contribution in [2.45, 2.75) is 0 Å². The maximum Gasteiger partial charge on any atom is 0.164 e. The van der Waals surface area contributed by atoms with Crippen molar-refractivity contribution in [2.24, 2.45) is 0 Å². The first-order chi connectivity index (χ1) is 24.2. The summed E-state index contributed by atoms with van der Waals surface area (Å²) in [4.78, 5) is 15.0. The lowest BCUT2D eigenvalue weighted by atomic mass is 9.92. The van der Waals surface area contributed by atoms with Crippen molar-refractivity contribution in [1.29, 1.82) is 0 Å². The van der Waals surface area contributed by atoms with Crippen molar-refractivity contribution < 1.29 is 4.42 Å². The van der Waals surface area contributed by atoms with Crippen molar-refractivity contribution in [3.63, 3.8) is 0 Å². The average Bonchev–Trinajstić information content (AvgIpc) is 3.53. The molecule has 0 fully saturated rings. The number of nitrogens with zero attached hydrogens (tertiary/aromatic N) is 3. The minimum Gasteiger partial charge on any atom is -0.456 e. The summed E-state index contributed by atoms with van der Waals surface area (Å²) in [5.41, 5.74) is 7.03. The van der Waals surface area contributed by atoms with Crippen LogP contribution in [0.5, 0.6) is 0 Å². The van der Waals surface area contributed by atoms with Crippen molar-refractivity contribution in [3.8, 4) is 45.3 Å². The molecule has 4 heteroatoms. The lowest BCUT2D eigenvalue weighted by molar-refractivity contribution is 0.669. The Morgan fingerprint density at radius 3 is 1.69 bits per heavy atom. The molecule has 0 saturated heterocycles. The van der Waals surface area contributed by atoms with Crippen LogP contribution in [0.1, 0.15) is 0 Å². The third-order valence-corrected chi connectivity index (χ3v) is 9.48. The van der Waals surface area contributed by atoms with Gasteiger partial charge in [-0.2, -0.15) is 0 Å². The fraction of sp³-hybridized carbons (Fsp3) is 0. The fourth-order valence-electron chi connectivity index (χ4n) is 7.07. The van der Waals surface area contributed by atoms with Crippen molar-refractivity contribution in [1.82, 2.24) is 15.0 Å². The van der Waals surface area contributed by atoms with Gasteiger partial charge in [-0.25, -0.2) is 15.0 Å². The number of rotatable bonds is 4. The zero-order valence-corrected chi connectivity index (χ0v) is 26.3. The molecule has 0 spiro atoms. The molecule has 0 unspecified atom stereocenters. The predicted octanol–water partition coefficient (Wildman–Crippen LogP) is 11.9. The largest absolute Gasteiger partial charge is 0.456 e. The van der Waals surface area contributed by atoms with Gasteiger partial charge < -0.3 is 4.42 Å². The molecule has 4 nitrogen and oxygen atoms in total. The van der Waals surface area contributed by atoms with E-state index in [1.165, 1.54) is 27.3 Å². The van der Waals surface area contributed by atoms with Gasteiger partial charge in [-0.1, -0.05) is 133 Å². The number of fused-ring (bicyclic) bond motifs is 6. The molecule has 0 radical (unpaired) electrons. The third kappa shape index (κ3) is 4.65. The fourth-order valence-corrected chi connectivity index (χ4v) is 7.07. The van der Waals surface area contributed by atoms with E-state index >= 15 is 0 Å². The van der Waals surface area contributed by atoms with E-state index in [0.29, 0.717) is 17.5 Å². The van der Waals surface area contributed by atoms with E-state index in [9.17, 15) is 0 Å². The Labute approximate surface area is 282 Å². The van der Waals surface area contributed by atoms with Crippen LogP contribution in [-0.4, -0.2) is 15.0 Å². The molecule has 2 aromatic heterocycles. The summed E-state index contributed by atoms with van der Waals surface area (Å²) in [6.45, 7) is 0. The molecule has 0 bridgehead atoms. The summed E-state index contributed by atoms with van der Waals surface area (Å²) in [7, 11) is 0. The Hall–Kier alpha value is -6.65. The van der Waals surface area contributed by atoms with Gasteiger partial charge >= 0.3 is 0 Å². The molecule has 0 N–H and O–H groups in total. The van der Waals surface area contributed by atoms with Crippen LogP contribution in [0.15, 0.2) is 168 Å². The van der Waals surface area contributed by atoms with Crippen molar-refractivity contribution in [3.05, 3.63) is 164 Å². The number of hydrogen-bond donors (Lipinski definition) is 0. The maximum atomic E-state index is 6.21. The smallest absolute Gasteiger partial charge is 0.164 e. The Morgan fingerprint density at radius 2 is 0.898 bits per heavy atom. The van der Waals surface area contributed by atoms with E-state index in [2.05, 4.69) is 121 Å². The normalized spacial score (nSPS) is 11.7. The van der Waals surface area contributed by atoms with E-state index in [1.807, 2.05) is 42.5 Å². The molecule has 49 heavy (non-hydrogen) atoms. The van der Waals surface area contributed by atoms with Crippen LogP contribution in [-0.2, 0) is 0 Å². The number of aromatic nitrogens is 3. The van der Waals surface area contributed by atoms with E-state index < -0.39 is 0 Å². The van der Waals surface area contributed by atoms with Gasteiger partial charge in [0.2, 0.25) is 0 Å². The molecule has 0 atom stereocenters. The van der Waals surface area contributed by atoms with Crippen molar-refractivity contribution >= 4 is 54.3 Å². The lowest BCUT2D eigenvalue weighted by Crippen LogP contribution is -2.00. The predicted molar refractivity (Wildman–Crippen MR) is 201 cm³/mol. The number of benzene rings is 8. The summed E-state index contributed by atoms with van der Waals surface area (Å²) >= 11 is 0. The Morgan fingerprint density at radius 1 is 0.306 bits per heavy atom. The van der Waals surface area contributed by atoms with Crippen LogP contribution in [0, 0.1) is 0 Å². The van der Waals surface area contributed by atoms with Gasteiger partial charge in [0.05, 0.1) is 0 Å². The first kappa shape index (κ1) is 27.5. The zero-order valence-electron chi connectivity index (χ0n) is 26.3. The highest BCUT2D eigenvalue weighted by Gasteiger charge is 2.16. The Balaban J connectivity index is 1.13. The highest BCUT2D eigenvalue weighted by molar-refractivity contribution is 6.14. The highest BCUT2D eigenvalue weighted by Crippen LogP contribution is 2.39. The molecule has 0 aliphatic rings. The second-order valence-electron chi connectivity index (χ2n) is 12.4. The molecule has 0 saturated carbocycles. The molecule has 0 amide bonds. The number of furan rings is 1. The third-order valence-electron chi connectivity index (χ3n) is 9.48. The van der Waals surface area contributed by atoms with Crippen LogP contribution in [0.4, 0.5) is 0 Å².